The van der Waals surface area contributed by atoms with E-state index in [0.717, 1.165) is 29.0 Å². The minimum absolute atomic E-state index is 0.0589. The number of nitro groups is 1. The molecule has 2 aromatic rings. The van der Waals surface area contributed by atoms with Crippen molar-refractivity contribution in [3.8, 4) is 5.75 Å². The number of hydrogen-bond donors (Lipinski definition) is 0. The first kappa shape index (κ1) is 21.9. The summed E-state index contributed by atoms with van der Waals surface area (Å²) < 4.78 is 5.30. The molecular weight excluding hydrogens is 376 g/mol. The van der Waals surface area contributed by atoms with Gasteiger partial charge in [0, 0.05) is 16.8 Å². The second kappa shape index (κ2) is 9.33. The molecule has 0 radical (unpaired) electrons. The number of rotatable bonds is 7. The van der Waals surface area contributed by atoms with Crippen molar-refractivity contribution in [1.29, 1.82) is 0 Å². The molecular formula is C25H32N2O3. The summed E-state index contributed by atoms with van der Waals surface area (Å²) in [5, 5.41) is 12.5. The van der Waals surface area contributed by atoms with Crippen LogP contribution in [0.25, 0.3) is 0 Å². The lowest BCUT2D eigenvalue weighted by atomic mass is 9.73. The first-order valence-electron chi connectivity index (χ1n) is 10.7. The average molecular weight is 409 g/mol. The molecule has 5 heteroatoms. The summed E-state index contributed by atoms with van der Waals surface area (Å²) in [5.41, 5.74) is 3.07. The molecule has 1 heterocycles. The maximum atomic E-state index is 12.5. The van der Waals surface area contributed by atoms with Gasteiger partial charge in [0.05, 0.1) is 13.0 Å². The predicted octanol–water partition coefficient (Wildman–Crippen LogP) is 5.90. The summed E-state index contributed by atoms with van der Waals surface area (Å²) in [4.78, 5) is 14.6. The zero-order chi connectivity index (χ0) is 21.8. The molecule has 3 rings (SSSR count). The van der Waals surface area contributed by atoms with Crippen LogP contribution in [-0.4, -0.2) is 24.1 Å². The van der Waals surface area contributed by atoms with Crippen molar-refractivity contribution in [1.82, 2.24) is 0 Å². The summed E-state index contributed by atoms with van der Waals surface area (Å²) in [7, 11) is 1.64. The summed E-state index contributed by atoms with van der Waals surface area (Å²) in [5.74, 6) is 1.07. The molecule has 0 N–H and O–H groups in total. The molecule has 2 aromatic carbocycles. The average Bonchev–Trinajstić information content (AvgIpc) is 2.73. The Morgan fingerprint density at radius 2 is 1.67 bits per heavy atom. The highest BCUT2D eigenvalue weighted by Gasteiger charge is 2.48. The smallest absolute Gasteiger partial charge is 0.243 e. The van der Waals surface area contributed by atoms with E-state index in [4.69, 9.17) is 4.74 Å². The third-order valence-electron chi connectivity index (χ3n) is 5.89. The Morgan fingerprint density at radius 3 is 2.17 bits per heavy atom. The molecule has 0 aromatic heterocycles. The van der Waals surface area contributed by atoms with E-state index in [-0.39, 0.29) is 22.8 Å². The Kier molecular flexibility index (Phi) is 6.80. The minimum atomic E-state index is -0.723. The van der Waals surface area contributed by atoms with Crippen LogP contribution in [0.4, 0.5) is 5.69 Å². The second-order valence-electron chi connectivity index (χ2n) is 8.75. The highest BCUT2D eigenvalue weighted by Crippen LogP contribution is 2.43. The highest BCUT2D eigenvalue weighted by molar-refractivity contribution is 5.56. The van der Waals surface area contributed by atoms with Crippen molar-refractivity contribution in [2.45, 2.75) is 52.1 Å². The lowest BCUT2D eigenvalue weighted by molar-refractivity contribution is -0.529. The fourth-order valence-electron chi connectivity index (χ4n) is 4.50. The van der Waals surface area contributed by atoms with E-state index in [9.17, 15) is 10.1 Å². The number of methoxy groups -OCH3 is 1. The van der Waals surface area contributed by atoms with E-state index >= 15 is 0 Å². The van der Waals surface area contributed by atoms with Gasteiger partial charge >= 0.3 is 0 Å². The van der Waals surface area contributed by atoms with Crippen LogP contribution in [0.5, 0.6) is 5.75 Å². The molecule has 3 atom stereocenters. The Morgan fingerprint density at radius 1 is 1.03 bits per heavy atom. The molecule has 3 unspecified atom stereocenters. The van der Waals surface area contributed by atoms with Crippen molar-refractivity contribution in [2.75, 3.05) is 12.0 Å². The first-order valence-corrected chi connectivity index (χ1v) is 10.7. The van der Waals surface area contributed by atoms with Gasteiger partial charge in [0.25, 0.3) is 0 Å². The predicted molar refractivity (Wildman–Crippen MR) is 122 cm³/mol. The summed E-state index contributed by atoms with van der Waals surface area (Å²) in [6, 6.07) is 16.8. The number of hydrogen-bond acceptors (Lipinski definition) is 4. The Balaban J connectivity index is 2.19. The van der Waals surface area contributed by atoms with Crippen LogP contribution in [0.2, 0.25) is 0 Å². The van der Waals surface area contributed by atoms with Gasteiger partial charge in [0.15, 0.2) is 0 Å². The van der Waals surface area contributed by atoms with Crippen molar-refractivity contribution in [3.63, 3.8) is 0 Å². The fourth-order valence-corrected chi connectivity index (χ4v) is 4.50. The summed E-state index contributed by atoms with van der Waals surface area (Å²) in [6.45, 7) is 8.49. The topological polar surface area (TPSA) is 55.6 Å². The molecule has 160 valence electrons. The van der Waals surface area contributed by atoms with Crippen molar-refractivity contribution in [2.24, 2.45) is 11.8 Å². The van der Waals surface area contributed by atoms with Crippen LogP contribution < -0.4 is 9.64 Å². The monoisotopic (exact) mass is 408 g/mol. The largest absolute Gasteiger partial charge is 0.497 e. The van der Waals surface area contributed by atoms with Gasteiger partial charge in [-0.2, -0.15) is 0 Å². The quantitative estimate of drug-likeness (QED) is 0.423. The lowest BCUT2D eigenvalue weighted by Crippen LogP contribution is -2.53. The Labute approximate surface area is 179 Å². The molecule has 0 bridgehead atoms. The van der Waals surface area contributed by atoms with Crippen LogP contribution >= 0.6 is 0 Å². The molecule has 0 spiro atoms. The molecule has 30 heavy (non-hydrogen) atoms. The minimum Gasteiger partial charge on any atom is -0.497 e. The SMILES string of the molecule is COc1ccc(N2C=C(C(C)C)C(c3ccccc3)C([N+](=O)[O-])C2CC(C)C)cc1. The fraction of sp³-hybridized carbons (Fsp3) is 0.440. The van der Waals surface area contributed by atoms with Crippen molar-refractivity contribution < 1.29 is 9.66 Å². The van der Waals surface area contributed by atoms with Gasteiger partial charge < -0.3 is 9.64 Å². The first-order chi connectivity index (χ1) is 14.3. The van der Waals surface area contributed by atoms with Crippen molar-refractivity contribution >= 4 is 5.69 Å². The number of benzene rings is 2. The van der Waals surface area contributed by atoms with E-state index in [1.807, 2.05) is 54.6 Å². The Bertz CT molecular complexity index is 875. The van der Waals surface area contributed by atoms with E-state index < -0.39 is 6.04 Å². The van der Waals surface area contributed by atoms with E-state index in [2.05, 4.69) is 38.8 Å². The summed E-state index contributed by atoms with van der Waals surface area (Å²) >= 11 is 0. The van der Waals surface area contributed by atoms with Gasteiger partial charge in [-0.1, -0.05) is 58.0 Å². The molecule has 1 aliphatic heterocycles. The van der Waals surface area contributed by atoms with Crippen LogP contribution in [0.3, 0.4) is 0 Å². The molecule has 0 amide bonds. The maximum absolute atomic E-state index is 12.5. The molecule has 0 saturated heterocycles. The number of nitrogens with zero attached hydrogens (tertiary/aromatic N) is 2. The van der Waals surface area contributed by atoms with Gasteiger partial charge in [0.2, 0.25) is 6.04 Å². The van der Waals surface area contributed by atoms with Gasteiger partial charge in [0.1, 0.15) is 11.8 Å². The third-order valence-corrected chi connectivity index (χ3v) is 5.89. The van der Waals surface area contributed by atoms with Crippen LogP contribution in [0.1, 0.15) is 45.6 Å². The third kappa shape index (κ3) is 4.50. The van der Waals surface area contributed by atoms with Crippen LogP contribution in [0.15, 0.2) is 66.4 Å². The normalized spacial score (nSPS) is 21.6. The second-order valence-corrected chi connectivity index (χ2v) is 8.75. The van der Waals surface area contributed by atoms with Gasteiger partial charge in [-0.05, 0) is 53.7 Å². The standard InChI is InChI=1S/C25H32N2O3/c1-17(2)15-23-25(27(28)29)24(19-9-7-6-8-10-19)22(18(3)4)16-26(23)20-11-13-21(30-5)14-12-20/h6-14,16-18,23-25H,15H2,1-5H3. The van der Waals surface area contributed by atoms with Gasteiger partial charge in [-0.25, -0.2) is 0 Å². The molecule has 1 aliphatic rings. The number of anilines is 1. The molecule has 0 aliphatic carbocycles. The van der Waals surface area contributed by atoms with Gasteiger partial charge in [-0.15, -0.1) is 0 Å². The Hall–Kier alpha value is -2.82. The zero-order valence-electron chi connectivity index (χ0n) is 18.5. The zero-order valence-corrected chi connectivity index (χ0v) is 18.5. The van der Waals surface area contributed by atoms with Crippen molar-refractivity contribution in [3.05, 3.63) is 82.0 Å². The van der Waals surface area contributed by atoms with Gasteiger partial charge in [-0.3, -0.25) is 10.1 Å². The molecule has 5 nitrogen and oxygen atoms in total. The molecule has 0 fully saturated rings. The van der Waals surface area contributed by atoms with E-state index in [0.29, 0.717) is 5.92 Å². The highest BCUT2D eigenvalue weighted by atomic mass is 16.6. The maximum Gasteiger partial charge on any atom is 0.243 e. The van der Waals surface area contributed by atoms with E-state index in [1.54, 1.807) is 7.11 Å². The number of ether oxygens (including phenoxy) is 1. The summed E-state index contributed by atoms with van der Waals surface area (Å²) in [6.07, 6.45) is 2.90. The van der Waals surface area contributed by atoms with Crippen LogP contribution in [-0.2, 0) is 0 Å². The lowest BCUT2D eigenvalue weighted by Gasteiger charge is -2.43. The van der Waals surface area contributed by atoms with E-state index in [1.165, 1.54) is 0 Å². The van der Waals surface area contributed by atoms with Crippen LogP contribution in [0, 0.1) is 22.0 Å². The molecule has 0 saturated carbocycles.